The van der Waals surface area contributed by atoms with Crippen molar-refractivity contribution in [2.75, 3.05) is 17.2 Å². The van der Waals surface area contributed by atoms with Crippen molar-refractivity contribution in [3.05, 3.63) is 42.6 Å². The van der Waals surface area contributed by atoms with E-state index < -0.39 is 0 Å². The summed E-state index contributed by atoms with van der Waals surface area (Å²) in [6.07, 6.45) is 3.75. The molecule has 0 atom stereocenters. The lowest BCUT2D eigenvalue weighted by atomic mass is 10.3. The SMILES string of the molecule is CCOc1ccccc1Nc1ccc(NC(=O)NC2CC2)cn1. The molecule has 6 heteroatoms. The van der Waals surface area contributed by atoms with Crippen LogP contribution in [-0.2, 0) is 0 Å². The van der Waals surface area contributed by atoms with Gasteiger partial charge >= 0.3 is 6.03 Å². The van der Waals surface area contributed by atoms with Gasteiger partial charge in [-0.3, -0.25) is 0 Å². The number of hydrogen-bond acceptors (Lipinski definition) is 4. The lowest BCUT2D eigenvalue weighted by Crippen LogP contribution is -2.30. The average Bonchev–Trinajstić information content (AvgIpc) is 3.35. The highest BCUT2D eigenvalue weighted by atomic mass is 16.5. The van der Waals surface area contributed by atoms with E-state index in [2.05, 4.69) is 20.9 Å². The molecule has 0 radical (unpaired) electrons. The van der Waals surface area contributed by atoms with Gasteiger partial charge in [0.2, 0.25) is 0 Å². The van der Waals surface area contributed by atoms with Gasteiger partial charge in [-0.05, 0) is 44.0 Å². The van der Waals surface area contributed by atoms with Gasteiger partial charge in [-0.15, -0.1) is 0 Å². The summed E-state index contributed by atoms with van der Waals surface area (Å²) in [6.45, 7) is 2.55. The molecule has 1 fully saturated rings. The number of nitrogens with zero attached hydrogens (tertiary/aromatic N) is 1. The molecule has 6 nitrogen and oxygen atoms in total. The second-order valence-corrected chi connectivity index (χ2v) is 5.36. The average molecular weight is 312 g/mol. The molecular weight excluding hydrogens is 292 g/mol. The van der Waals surface area contributed by atoms with Crippen LogP contribution in [0.5, 0.6) is 5.75 Å². The number of benzene rings is 1. The number of carbonyl (C=O) groups is 1. The molecule has 3 rings (SSSR count). The number of anilines is 3. The molecular formula is C17H20N4O2. The van der Waals surface area contributed by atoms with Gasteiger partial charge in [-0.1, -0.05) is 12.1 Å². The Labute approximate surface area is 135 Å². The van der Waals surface area contributed by atoms with Crippen molar-refractivity contribution in [1.82, 2.24) is 10.3 Å². The van der Waals surface area contributed by atoms with Gasteiger partial charge in [-0.2, -0.15) is 0 Å². The van der Waals surface area contributed by atoms with Crippen LogP contribution >= 0.6 is 0 Å². The van der Waals surface area contributed by atoms with Gasteiger partial charge < -0.3 is 20.7 Å². The fourth-order valence-electron chi connectivity index (χ4n) is 2.11. The van der Waals surface area contributed by atoms with Crippen molar-refractivity contribution in [2.45, 2.75) is 25.8 Å². The fourth-order valence-corrected chi connectivity index (χ4v) is 2.11. The van der Waals surface area contributed by atoms with E-state index in [1.807, 2.05) is 43.3 Å². The molecule has 0 aliphatic heterocycles. The number of ether oxygens (including phenoxy) is 1. The van der Waals surface area contributed by atoms with Crippen molar-refractivity contribution in [3.8, 4) is 5.75 Å². The molecule has 0 spiro atoms. The number of hydrogen-bond donors (Lipinski definition) is 3. The van der Waals surface area contributed by atoms with Crippen LogP contribution in [0.25, 0.3) is 0 Å². The first-order valence-corrected chi connectivity index (χ1v) is 7.77. The number of para-hydroxylation sites is 2. The molecule has 1 aromatic carbocycles. The topological polar surface area (TPSA) is 75.3 Å². The summed E-state index contributed by atoms with van der Waals surface area (Å²) in [7, 11) is 0. The second-order valence-electron chi connectivity index (χ2n) is 5.36. The zero-order chi connectivity index (χ0) is 16.1. The van der Waals surface area contributed by atoms with E-state index in [1.165, 1.54) is 0 Å². The predicted molar refractivity (Wildman–Crippen MR) is 90.3 cm³/mol. The van der Waals surface area contributed by atoms with E-state index in [9.17, 15) is 4.79 Å². The maximum absolute atomic E-state index is 11.7. The zero-order valence-corrected chi connectivity index (χ0v) is 13.0. The highest BCUT2D eigenvalue weighted by molar-refractivity contribution is 5.89. The summed E-state index contributed by atoms with van der Waals surface area (Å²) in [5, 5.41) is 8.85. The van der Waals surface area contributed by atoms with Crippen molar-refractivity contribution in [2.24, 2.45) is 0 Å². The fraction of sp³-hybridized carbons (Fsp3) is 0.294. The lowest BCUT2D eigenvalue weighted by Gasteiger charge is -2.12. The van der Waals surface area contributed by atoms with Gasteiger partial charge in [0.05, 0.1) is 24.2 Å². The third kappa shape index (κ3) is 4.35. The van der Waals surface area contributed by atoms with E-state index in [0.717, 1.165) is 24.3 Å². The molecule has 120 valence electrons. The third-order valence-electron chi connectivity index (χ3n) is 3.38. The largest absolute Gasteiger partial charge is 0.492 e. The highest BCUT2D eigenvalue weighted by Crippen LogP contribution is 2.27. The van der Waals surface area contributed by atoms with E-state index in [1.54, 1.807) is 6.20 Å². The summed E-state index contributed by atoms with van der Waals surface area (Å²) in [6, 6.07) is 11.5. The van der Waals surface area contributed by atoms with Crippen LogP contribution < -0.4 is 20.7 Å². The van der Waals surface area contributed by atoms with Crippen molar-refractivity contribution < 1.29 is 9.53 Å². The maximum Gasteiger partial charge on any atom is 0.319 e. The molecule has 0 saturated heterocycles. The molecule has 2 aromatic rings. The van der Waals surface area contributed by atoms with E-state index in [4.69, 9.17) is 4.74 Å². The Bertz CT molecular complexity index is 669. The smallest absolute Gasteiger partial charge is 0.319 e. The molecule has 1 heterocycles. The van der Waals surface area contributed by atoms with Gasteiger partial charge in [0.15, 0.2) is 0 Å². The normalized spacial score (nSPS) is 13.3. The van der Waals surface area contributed by atoms with Gasteiger partial charge in [0.25, 0.3) is 0 Å². The van der Waals surface area contributed by atoms with Gasteiger partial charge in [-0.25, -0.2) is 9.78 Å². The second kappa shape index (κ2) is 7.00. The van der Waals surface area contributed by atoms with E-state index >= 15 is 0 Å². The minimum atomic E-state index is -0.184. The molecule has 23 heavy (non-hydrogen) atoms. The summed E-state index contributed by atoms with van der Waals surface area (Å²) >= 11 is 0. The van der Waals surface area contributed by atoms with Crippen molar-refractivity contribution in [1.29, 1.82) is 0 Å². The Morgan fingerprint density at radius 1 is 1.26 bits per heavy atom. The van der Waals surface area contributed by atoms with Crippen LogP contribution in [0.4, 0.5) is 22.0 Å². The standard InChI is InChI=1S/C17H20N4O2/c1-2-23-15-6-4-3-5-14(15)21-16-10-9-13(11-18-16)20-17(22)19-12-7-8-12/h3-6,9-12H,2,7-8H2,1H3,(H,18,21)(H2,19,20,22). The molecule has 2 amide bonds. The summed E-state index contributed by atoms with van der Waals surface area (Å²) in [4.78, 5) is 16.0. The zero-order valence-electron chi connectivity index (χ0n) is 13.0. The minimum absolute atomic E-state index is 0.184. The molecule has 1 aromatic heterocycles. The lowest BCUT2D eigenvalue weighted by molar-refractivity contribution is 0.251. The number of nitrogens with one attached hydrogen (secondary N) is 3. The first-order chi connectivity index (χ1) is 11.2. The van der Waals surface area contributed by atoms with E-state index in [-0.39, 0.29) is 6.03 Å². The Morgan fingerprint density at radius 3 is 2.78 bits per heavy atom. The predicted octanol–water partition coefficient (Wildman–Crippen LogP) is 3.51. The number of pyridine rings is 1. The van der Waals surface area contributed by atoms with Crippen LogP contribution in [0.3, 0.4) is 0 Å². The first kappa shape index (κ1) is 15.1. The van der Waals surface area contributed by atoms with Crippen molar-refractivity contribution in [3.63, 3.8) is 0 Å². The number of urea groups is 1. The van der Waals surface area contributed by atoms with Crippen LogP contribution in [0.1, 0.15) is 19.8 Å². The van der Waals surface area contributed by atoms with Crippen LogP contribution in [0.2, 0.25) is 0 Å². The van der Waals surface area contributed by atoms with Crippen LogP contribution in [0.15, 0.2) is 42.6 Å². The van der Waals surface area contributed by atoms with Crippen LogP contribution in [0, 0.1) is 0 Å². The maximum atomic E-state index is 11.7. The third-order valence-corrected chi connectivity index (χ3v) is 3.38. The minimum Gasteiger partial charge on any atom is -0.492 e. The summed E-state index contributed by atoms with van der Waals surface area (Å²) in [5.41, 5.74) is 1.51. The van der Waals surface area contributed by atoms with Crippen molar-refractivity contribution >= 4 is 23.2 Å². The Hall–Kier alpha value is -2.76. The first-order valence-electron chi connectivity index (χ1n) is 7.77. The highest BCUT2D eigenvalue weighted by Gasteiger charge is 2.23. The van der Waals surface area contributed by atoms with Gasteiger partial charge in [0.1, 0.15) is 11.6 Å². The molecule has 3 N–H and O–H groups in total. The number of carbonyl (C=O) groups excluding carboxylic acids is 1. The summed E-state index contributed by atoms with van der Waals surface area (Å²) in [5.74, 6) is 1.47. The number of amides is 2. The Morgan fingerprint density at radius 2 is 2.09 bits per heavy atom. The number of rotatable bonds is 6. The van der Waals surface area contributed by atoms with E-state index in [0.29, 0.717) is 24.2 Å². The molecule has 1 aliphatic carbocycles. The molecule has 1 saturated carbocycles. The Balaban J connectivity index is 1.61. The number of aromatic nitrogens is 1. The summed E-state index contributed by atoms with van der Waals surface area (Å²) < 4.78 is 5.57. The molecule has 1 aliphatic rings. The van der Waals surface area contributed by atoms with Crippen LogP contribution in [-0.4, -0.2) is 23.7 Å². The quantitative estimate of drug-likeness (QED) is 0.763. The van der Waals surface area contributed by atoms with Gasteiger partial charge in [0, 0.05) is 6.04 Å². The molecule has 0 bridgehead atoms. The molecule has 0 unspecified atom stereocenters. The Kier molecular flexibility index (Phi) is 4.61. The monoisotopic (exact) mass is 312 g/mol.